The molecule has 2 rings (SSSR count). The first-order chi connectivity index (χ1) is 13.0. The summed E-state index contributed by atoms with van der Waals surface area (Å²) in [6.45, 7) is 2.09. The first-order valence-electron chi connectivity index (χ1n) is 8.75. The standard InChI is InChI=1S/C21H24N2O4/c1-15-7-6-10-17(13-15)20(25)22-12-11-19(24)23-18(21(26)27-2)14-16-8-4-3-5-9-16/h3-10,13,18H,11-12,14H2,1-2H3,(H,22,25)(H,23,24)/t18-/m0/s1. The molecule has 0 unspecified atom stereocenters. The van der Waals surface area contributed by atoms with Gasteiger partial charge in [-0.15, -0.1) is 0 Å². The second-order valence-corrected chi connectivity index (χ2v) is 6.21. The highest BCUT2D eigenvalue weighted by atomic mass is 16.5. The van der Waals surface area contributed by atoms with E-state index in [0.717, 1.165) is 11.1 Å². The fraction of sp³-hybridized carbons (Fsp3) is 0.286. The summed E-state index contributed by atoms with van der Waals surface area (Å²) in [7, 11) is 1.29. The fourth-order valence-electron chi connectivity index (χ4n) is 2.63. The Hall–Kier alpha value is -3.15. The van der Waals surface area contributed by atoms with Gasteiger partial charge >= 0.3 is 5.97 Å². The van der Waals surface area contributed by atoms with Gasteiger partial charge in [0, 0.05) is 24.9 Å². The summed E-state index contributed by atoms with van der Waals surface area (Å²) in [4.78, 5) is 36.2. The maximum absolute atomic E-state index is 12.2. The van der Waals surface area contributed by atoms with Crippen LogP contribution in [0.5, 0.6) is 0 Å². The van der Waals surface area contributed by atoms with E-state index in [2.05, 4.69) is 10.6 Å². The number of amides is 2. The summed E-state index contributed by atoms with van der Waals surface area (Å²) in [5.41, 5.74) is 2.45. The second kappa shape index (κ2) is 10.1. The molecule has 2 amide bonds. The predicted molar refractivity (Wildman–Crippen MR) is 102 cm³/mol. The zero-order valence-electron chi connectivity index (χ0n) is 15.5. The van der Waals surface area contributed by atoms with Crippen molar-refractivity contribution in [1.29, 1.82) is 0 Å². The number of nitrogens with one attached hydrogen (secondary N) is 2. The summed E-state index contributed by atoms with van der Waals surface area (Å²) >= 11 is 0. The number of esters is 1. The molecule has 142 valence electrons. The van der Waals surface area contributed by atoms with E-state index in [-0.39, 0.29) is 24.8 Å². The zero-order valence-corrected chi connectivity index (χ0v) is 15.5. The maximum Gasteiger partial charge on any atom is 0.328 e. The third-order valence-electron chi connectivity index (χ3n) is 4.02. The minimum absolute atomic E-state index is 0.0693. The molecule has 0 bridgehead atoms. The lowest BCUT2D eigenvalue weighted by atomic mass is 10.1. The molecule has 0 aliphatic carbocycles. The molecular weight excluding hydrogens is 344 g/mol. The molecule has 0 saturated carbocycles. The van der Waals surface area contributed by atoms with Crippen molar-refractivity contribution in [2.24, 2.45) is 0 Å². The molecule has 0 radical (unpaired) electrons. The van der Waals surface area contributed by atoms with Crippen LogP contribution >= 0.6 is 0 Å². The average Bonchev–Trinajstić information content (AvgIpc) is 2.67. The minimum atomic E-state index is -0.766. The Kier molecular flexibility index (Phi) is 7.55. The van der Waals surface area contributed by atoms with Crippen molar-refractivity contribution in [2.45, 2.75) is 25.8 Å². The van der Waals surface area contributed by atoms with Crippen LogP contribution in [0, 0.1) is 6.92 Å². The van der Waals surface area contributed by atoms with Gasteiger partial charge in [0.25, 0.3) is 5.91 Å². The van der Waals surface area contributed by atoms with Crippen molar-refractivity contribution in [1.82, 2.24) is 10.6 Å². The van der Waals surface area contributed by atoms with Crippen molar-refractivity contribution in [2.75, 3.05) is 13.7 Å². The molecule has 2 aromatic rings. The van der Waals surface area contributed by atoms with Crippen molar-refractivity contribution >= 4 is 17.8 Å². The van der Waals surface area contributed by atoms with Crippen LogP contribution in [0.4, 0.5) is 0 Å². The molecule has 1 atom stereocenters. The van der Waals surface area contributed by atoms with E-state index in [9.17, 15) is 14.4 Å². The SMILES string of the molecule is COC(=O)[C@H](Cc1ccccc1)NC(=O)CCNC(=O)c1cccc(C)c1. The molecule has 27 heavy (non-hydrogen) atoms. The number of ether oxygens (including phenoxy) is 1. The van der Waals surface area contributed by atoms with Gasteiger partial charge in [-0.3, -0.25) is 9.59 Å². The highest BCUT2D eigenvalue weighted by Crippen LogP contribution is 2.05. The predicted octanol–water partition coefficient (Wildman–Crippen LogP) is 2.02. The molecule has 6 heteroatoms. The fourth-order valence-corrected chi connectivity index (χ4v) is 2.63. The van der Waals surface area contributed by atoms with Gasteiger partial charge in [-0.2, -0.15) is 0 Å². The van der Waals surface area contributed by atoms with Gasteiger partial charge in [0.1, 0.15) is 6.04 Å². The molecule has 0 aromatic heterocycles. The lowest BCUT2D eigenvalue weighted by molar-refractivity contribution is -0.145. The molecule has 2 aromatic carbocycles. The van der Waals surface area contributed by atoms with Gasteiger partial charge in [-0.05, 0) is 24.6 Å². The molecular formula is C21H24N2O4. The highest BCUT2D eigenvalue weighted by Gasteiger charge is 2.21. The third kappa shape index (κ3) is 6.58. The van der Waals surface area contributed by atoms with E-state index in [0.29, 0.717) is 12.0 Å². The van der Waals surface area contributed by atoms with E-state index in [1.165, 1.54) is 7.11 Å². The summed E-state index contributed by atoms with van der Waals surface area (Å²) in [6, 6.07) is 15.8. The van der Waals surface area contributed by atoms with Gasteiger partial charge in [0.05, 0.1) is 7.11 Å². The van der Waals surface area contributed by atoms with Crippen LogP contribution in [0.25, 0.3) is 0 Å². The molecule has 0 heterocycles. The van der Waals surface area contributed by atoms with Gasteiger partial charge in [0.2, 0.25) is 5.91 Å². The molecule has 0 fully saturated rings. The average molecular weight is 368 g/mol. The van der Waals surface area contributed by atoms with Crippen molar-refractivity contribution in [3.8, 4) is 0 Å². The Balaban J connectivity index is 1.84. The number of hydrogen-bond acceptors (Lipinski definition) is 4. The molecule has 0 spiro atoms. The molecule has 2 N–H and O–H groups in total. The van der Waals surface area contributed by atoms with Crippen LogP contribution < -0.4 is 10.6 Å². The highest BCUT2D eigenvalue weighted by molar-refractivity contribution is 5.94. The lowest BCUT2D eigenvalue weighted by Crippen LogP contribution is -2.44. The molecule has 0 saturated heterocycles. The van der Waals surface area contributed by atoms with E-state index >= 15 is 0 Å². The van der Waals surface area contributed by atoms with Gasteiger partial charge < -0.3 is 15.4 Å². The normalized spacial score (nSPS) is 11.3. The van der Waals surface area contributed by atoms with Crippen LogP contribution in [-0.4, -0.2) is 37.5 Å². The molecule has 6 nitrogen and oxygen atoms in total. The van der Waals surface area contributed by atoms with Gasteiger partial charge in [-0.1, -0.05) is 48.0 Å². The third-order valence-corrected chi connectivity index (χ3v) is 4.02. The zero-order chi connectivity index (χ0) is 19.6. The van der Waals surface area contributed by atoms with Crippen LogP contribution in [0.3, 0.4) is 0 Å². The first-order valence-corrected chi connectivity index (χ1v) is 8.75. The van der Waals surface area contributed by atoms with E-state index < -0.39 is 12.0 Å². The quantitative estimate of drug-likeness (QED) is 0.698. The Bertz CT molecular complexity index is 790. The van der Waals surface area contributed by atoms with Crippen LogP contribution in [0.1, 0.15) is 27.9 Å². The van der Waals surface area contributed by atoms with E-state index in [1.54, 1.807) is 12.1 Å². The maximum atomic E-state index is 12.2. The minimum Gasteiger partial charge on any atom is -0.467 e. The van der Waals surface area contributed by atoms with Crippen LogP contribution in [0.15, 0.2) is 54.6 Å². The van der Waals surface area contributed by atoms with Gasteiger partial charge in [-0.25, -0.2) is 4.79 Å². The summed E-state index contributed by atoms with van der Waals surface area (Å²) in [6.07, 6.45) is 0.411. The second-order valence-electron chi connectivity index (χ2n) is 6.21. The number of carbonyl (C=O) groups excluding carboxylic acids is 3. The number of benzene rings is 2. The van der Waals surface area contributed by atoms with Crippen molar-refractivity contribution in [3.63, 3.8) is 0 Å². The Morgan fingerprint density at radius 3 is 2.44 bits per heavy atom. The van der Waals surface area contributed by atoms with Crippen LogP contribution in [0.2, 0.25) is 0 Å². The number of aryl methyl sites for hydroxylation is 1. The van der Waals surface area contributed by atoms with Crippen molar-refractivity contribution in [3.05, 3.63) is 71.3 Å². The Labute approximate surface area is 158 Å². The van der Waals surface area contributed by atoms with Crippen LogP contribution in [-0.2, 0) is 20.7 Å². The number of hydrogen-bond donors (Lipinski definition) is 2. The first kappa shape index (κ1) is 20.2. The largest absolute Gasteiger partial charge is 0.467 e. The topological polar surface area (TPSA) is 84.5 Å². The summed E-state index contributed by atoms with van der Waals surface area (Å²) < 4.78 is 4.77. The number of rotatable bonds is 8. The summed E-state index contributed by atoms with van der Waals surface area (Å²) in [5.74, 6) is -1.07. The smallest absolute Gasteiger partial charge is 0.328 e. The summed E-state index contributed by atoms with van der Waals surface area (Å²) in [5, 5.41) is 5.38. The van der Waals surface area contributed by atoms with Gasteiger partial charge in [0.15, 0.2) is 0 Å². The Morgan fingerprint density at radius 1 is 1.04 bits per heavy atom. The van der Waals surface area contributed by atoms with E-state index in [4.69, 9.17) is 4.74 Å². The number of carbonyl (C=O) groups is 3. The van der Waals surface area contributed by atoms with Crippen molar-refractivity contribution < 1.29 is 19.1 Å². The Morgan fingerprint density at radius 2 is 1.78 bits per heavy atom. The molecule has 0 aliphatic rings. The lowest BCUT2D eigenvalue weighted by Gasteiger charge is -2.16. The van der Waals surface area contributed by atoms with E-state index in [1.807, 2.05) is 49.4 Å². The monoisotopic (exact) mass is 368 g/mol. The molecule has 0 aliphatic heterocycles. The number of methoxy groups -OCH3 is 1.